The van der Waals surface area contributed by atoms with E-state index in [2.05, 4.69) is 22.4 Å². The van der Waals surface area contributed by atoms with Crippen LogP contribution in [0.4, 0.5) is 0 Å². The minimum atomic E-state index is -3.50. The van der Waals surface area contributed by atoms with Crippen molar-refractivity contribution in [2.75, 3.05) is 19.6 Å². The lowest BCUT2D eigenvalue weighted by molar-refractivity contribution is 0.0912. The van der Waals surface area contributed by atoms with Gasteiger partial charge in [0.2, 0.25) is 15.8 Å². The second-order valence-electron chi connectivity index (χ2n) is 6.39. The fourth-order valence-electron chi connectivity index (χ4n) is 2.82. The number of hydrogen-bond donors (Lipinski definition) is 1. The molecule has 0 radical (unpaired) electrons. The lowest BCUT2D eigenvalue weighted by Crippen LogP contribution is -2.37. The summed E-state index contributed by atoms with van der Waals surface area (Å²) in [5.74, 6) is 0.230. The average molecular weight is 378 g/mol. The fourth-order valence-corrected chi connectivity index (χ4v) is 4.29. The number of nitrogens with zero attached hydrogens (tertiary/aromatic N) is 3. The van der Waals surface area contributed by atoms with Gasteiger partial charge >= 0.3 is 11.8 Å². The maximum Gasteiger partial charge on any atom is 0.316 e. The second kappa shape index (κ2) is 7.55. The minimum Gasteiger partial charge on any atom is -0.348 e. The normalized spacial score (nSPS) is 16.5. The Labute approximate surface area is 152 Å². The number of carbonyl (C=O) groups is 1. The Morgan fingerprint density at radius 2 is 1.92 bits per heavy atom. The third-order valence-corrected chi connectivity index (χ3v) is 6.36. The van der Waals surface area contributed by atoms with Crippen LogP contribution in [0, 0.1) is 5.92 Å². The highest BCUT2D eigenvalue weighted by atomic mass is 32.2. The molecule has 1 aliphatic rings. The van der Waals surface area contributed by atoms with Crippen LogP contribution < -0.4 is 5.32 Å². The molecule has 3 rings (SSSR count). The smallest absolute Gasteiger partial charge is 0.316 e. The number of hydrogen-bond acceptors (Lipinski definition) is 6. The lowest BCUT2D eigenvalue weighted by Gasteiger charge is -2.29. The maximum absolute atomic E-state index is 12.7. The molecule has 0 unspecified atom stereocenters. The highest BCUT2D eigenvalue weighted by Gasteiger charge is 2.28. The van der Waals surface area contributed by atoms with Gasteiger partial charge in [0.25, 0.3) is 0 Å². The van der Waals surface area contributed by atoms with Gasteiger partial charge in [0, 0.05) is 25.2 Å². The number of aromatic nitrogens is 2. The van der Waals surface area contributed by atoms with Crippen molar-refractivity contribution in [3.05, 3.63) is 30.2 Å². The molecule has 2 heterocycles. The van der Waals surface area contributed by atoms with Gasteiger partial charge < -0.3 is 9.84 Å². The maximum atomic E-state index is 12.7. The van der Waals surface area contributed by atoms with Crippen molar-refractivity contribution in [2.45, 2.75) is 31.6 Å². The van der Waals surface area contributed by atoms with Gasteiger partial charge in [-0.05, 0) is 49.9 Å². The number of nitrogens with one attached hydrogen (secondary N) is 1. The minimum absolute atomic E-state index is 0.124. The SMILES string of the molecule is CCNC(=O)c1nc(-c2ccc(S(=O)(=O)N3CCC(C)CC3)cc2)no1. The molecule has 1 N–H and O–H groups in total. The predicted molar refractivity (Wildman–Crippen MR) is 94.9 cm³/mol. The van der Waals surface area contributed by atoms with Gasteiger partial charge in [-0.3, -0.25) is 4.79 Å². The summed E-state index contributed by atoms with van der Waals surface area (Å²) in [6.07, 6.45) is 1.76. The monoisotopic (exact) mass is 378 g/mol. The van der Waals surface area contributed by atoms with Crippen LogP contribution in [0.5, 0.6) is 0 Å². The van der Waals surface area contributed by atoms with E-state index in [0.29, 0.717) is 31.1 Å². The van der Waals surface area contributed by atoms with Gasteiger partial charge in [0.1, 0.15) is 0 Å². The van der Waals surface area contributed by atoms with E-state index < -0.39 is 15.9 Å². The zero-order valence-corrected chi connectivity index (χ0v) is 15.6. The third-order valence-electron chi connectivity index (χ3n) is 4.45. The second-order valence-corrected chi connectivity index (χ2v) is 8.33. The van der Waals surface area contributed by atoms with Crippen molar-refractivity contribution in [3.63, 3.8) is 0 Å². The Bertz CT molecular complexity index is 868. The number of amides is 1. The number of rotatable bonds is 5. The molecule has 8 nitrogen and oxygen atoms in total. The zero-order chi connectivity index (χ0) is 18.7. The molecule has 1 saturated heterocycles. The van der Waals surface area contributed by atoms with Crippen LogP contribution in [0.25, 0.3) is 11.4 Å². The van der Waals surface area contributed by atoms with Crippen LogP contribution in [-0.4, -0.2) is 48.4 Å². The summed E-state index contributed by atoms with van der Waals surface area (Å²) in [4.78, 5) is 16.0. The highest BCUT2D eigenvalue weighted by molar-refractivity contribution is 7.89. The van der Waals surface area contributed by atoms with Crippen LogP contribution in [-0.2, 0) is 10.0 Å². The van der Waals surface area contributed by atoms with Crippen molar-refractivity contribution in [3.8, 4) is 11.4 Å². The van der Waals surface area contributed by atoms with Crippen LogP contribution in [0.3, 0.4) is 0 Å². The summed E-state index contributed by atoms with van der Waals surface area (Å²) in [6.45, 7) is 5.48. The molecule has 0 bridgehead atoms. The summed E-state index contributed by atoms with van der Waals surface area (Å²) >= 11 is 0. The molecule has 0 atom stereocenters. The molecule has 140 valence electrons. The van der Waals surface area contributed by atoms with E-state index in [4.69, 9.17) is 4.52 Å². The summed E-state index contributed by atoms with van der Waals surface area (Å²) in [5.41, 5.74) is 0.579. The average Bonchev–Trinajstić information content (AvgIpc) is 3.13. The van der Waals surface area contributed by atoms with Gasteiger partial charge in [-0.25, -0.2) is 8.42 Å². The molecule has 1 aliphatic heterocycles. The van der Waals surface area contributed by atoms with Crippen LogP contribution in [0.1, 0.15) is 37.4 Å². The Morgan fingerprint density at radius 1 is 1.27 bits per heavy atom. The molecule has 0 aliphatic carbocycles. The first kappa shape index (κ1) is 18.5. The molecule has 0 spiro atoms. The number of benzene rings is 1. The van der Waals surface area contributed by atoms with E-state index in [1.54, 1.807) is 19.1 Å². The van der Waals surface area contributed by atoms with Gasteiger partial charge in [-0.15, -0.1) is 0 Å². The molecule has 1 amide bonds. The topological polar surface area (TPSA) is 105 Å². The Balaban J connectivity index is 1.77. The summed E-state index contributed by atoms with van der Waals surface area (Å²) < 4.78 is 31.9. The molecular formula is C17H22N4O4S. The number of sulfonamides is 1. The molecule has 26 heavy (non-hydrogen) atoms. The van der Waals surface area contributed by atoms with Crippen LogP contribution in [0.15, 0.2) is 33.7 Å². The van der Waals surface area contributed by atoms with E-state index in [-0.39, 0.29) is 16.6 Å². The number of carbonyl (C=O) groups excluding carboxylic acids is 1. The quantitative estimate of drug-likeness (QED) is 0.852. The van der Waals surface area contributed by atoms with E-state index in [9.17, 15) is 13.2 Å². The molecule has 9 heteroatoms. The predicted octanol–water partition coefficient (Wildman–Crippen LogP) is 1.91. The summed E-state index contributed by atoms with van der Waals surface area (Å²) in [5, 5.41) is 6.35. The Hall–Kier alpha value is -2.26. The van der Waals surface area contributed by atoms with Crippen molar-refractivity contribution in [1.29, 1.82) is 0 Å². The fraction of sp³-hybridized carbons (Fsp3) is 0.471. The standard InChI is InChI=1S/C17H22N4O4S/c1-3-18-16(22)17-19-15(20-25-17)13-4-6-14(7-5-13)26(23,24)21-10-8-12(2)9-11-21/h4-7,12H,3,8-11H2,1-2H3,(H,18,22). The molecule has 1 aromatic carbocycles. The van der Waals surface area contributed by atoms with E-state index >= 15 is 0 Å². The molecule has 1 fully saturated rings. The molecule has 1 aromatic heterocycles. The third kappa shape index (κ3) is 3.78. The van der Waals surface area contributed by atoms with E-state index in [1.165, 1.54) is 16.4 Å². The van der Waals surface area contributed by atoms with E-state index in [1.807, 2.05) is 0 Å². The van der Waals surface area contributed by atoms with Crippen LogP contribution in [0.2, 0.25) is 0 Å². The van der Waals surface area contributed by atoms with Gasteiger partial charge in [-0.2, -0.15) is 9.29 Å². The van der Waals surface area contributed by atoms with Gasteiger partial charge in [0.15, 0.2) is 0 Å². The van der Waals surface area contributed by atoms with Crippen molar-refractivity contribution in [2.24, 2.45) is 5.92 Å². The van der Waals surface area contributed by atoms with Crippen molar-refractivity contribution >= 4 is 15.9 Å². The lowest BCUT2D eigenvalue weighted by atomic mass is 10.0. The first-order valence-corrected chi connectivity index (χ1v) is 10.1. The van der Waals surface area contributed by atoms with Crippen molar-refractivity contribution < 1.29 is 17.7 Å². The van der Waals surface area contributed by atoms with Crippen LogP contribution >= 0.6 is 0 Å². The van der Waals surface area contributed by atoms with Crippen molar-refractivity contribution in [1.82, 2.24) is 19.8 Å². The zero-order valence-electron chi connectivity index (χ0n) is 14.8. The van der Waals surface area contributed by atoms with Gasteiger partial charge in [0.05, 0.1) is 4.90 Å². The largest absolute Gasteiger partial charge is 0.348 e. The molecule has 0 saturated carbocycles. The molecular weight excluding hydrogens is 356 g/mol. The first-order chi connectivity index (χ1) is 12.4. The Morgan fingerprint density at radius 3 is 2.54 bits per heavy atom. The molecule has 2 aromatic rings. The number of piperidine rings is 1. The van der Waals surface area contributed by atoms with Gasteiger partial charge in [-0.1, -0.05) is 12.1 Å². The Kier molecular flexibility index (Phi) is 5.38. The summed E-state index contributed by atoms with van der Waals surface area (Å²) in [7, 11) is -3.50. The first-order valence-electron chi connectivity index (χ1n) is 8.64. The highest BCUT2D eigenvalue weighted by Crippen LogP contribution is 2.25. The summed E-state index contributed by atoms with van der Waals surface area (Å²) in [6, 6.07) is 6.30. The van der Waals surface area contributed by atoms with E-state index in [0.717, 1.165) is 12.8 Å².